The third-order valence-corrected chi connectivity index (χ3v) is 2.99. The quantitative estimate of drug-likeness (QED) is 0.789. The van der Waals surface area contributed by atoms with Gasteiger partial charge in [0.05, 0.1) is 5.52 Å². The highest BCUT2D eigenvalue weighted by Gasteiger charge is 2.11. The molecule has 2 nitrogen and oxygen atoms in total. The molecule has 0 fully saturated rings. The van der Waals surface area contributed by atoms with Crippen LogP contribution in [0.3, 0.4) is 0 Å². The Bertz CT molecular complexity index is 530. The fourth-order valence-corrected chi connectivity index (χ4v) is 1.91. The summed E-state index contributed by atoms with van der Waals surface area (Å²) < 4.78 is 13.7. The molecule has 1 heterocycles. The summed E-state index contributed by atoms with van der Waals surface area (Å²) in [4.78, 5) is 13.4. The van der Waals surface area contributed by atoms with Gasteiger partial charge in [0.1, 0.15) is 12.1 Å². The van der Waals surface area contributed by atoms with Gasteiger partial charge in [-0.25, -0.2) is 4.39 Å². The summed E-state index contributed by atoms with van der Waals surface area (Å²) in [6, 6.07) is 3.46. The molecule has 0 amide bonds. The molecule has 0 aliphatic heterocycles. The SMILES string of the molecule is Cc1c[nH]c2c(F)cc(C(C)CC=O)cc12. The average Bonchev–Trinajstić information content (AvgIpc) is 2.61. The van der Waals surface area contributed by atoms with Gasteiger partial charge in [0.25, 0.3) is 0 Å². The van der Waals surface area contributed by atoms with Gasteiger partial charge in [0.2, 0.25) is 0 Å². The molecule has 0 saturated carbocycles. The Hall–Kier alpha value is -1.64. The molecule has 0 aliphatic rings. The van der Waals surface area contributed by atoms with Gasteiger partial charge in [-0.05, 0) is 36.1 Å². The first-order valence-electron chi connectivity index (χ1n) is 5.34. The summed E-state index contributed by atoms with van der Waals surface area (Å²) in [6.07, 6.45) is 3.09. The molecule has 2 rings (SSSR count). The number of aryl methyl sites for hydroxylation is 1. The van der Waals surface area contributed by atoms with Gasteiger partial charge in [-0.1, -0.05) is 6.92 Å². The number of hydrogen-bond acceptors (Lipinski definition) is 1. The highest BCUT2D eigenvalue weighted by Crippen LogP contribution is 2.27. The van der Waals surface area contributed by atoms with Crippen molar-refractivity contribution in [2.45, 2.75) is 26.2 Å². The van der Waals surface area contributed by atoms with E-state index in [-0.39, 0.29) is 11.7 Å². The van der Waals surface area contributed by atoms with Crippen LogP contribution in [0.15, 0.2) is 18.3 Å². The molecule has 0 saturated heterocycles. The number of carbonyl (C=O) groups is 1. The first-order valence-corrected chi connectivity index (χ1v) is 5.34. The van der Waals surface area contributed by atoms with Gasteiger partial charge in [-0.15, -0.1) is 0 Å². The first kappa shape index (κ1) is 10.9. The van der Waals surface area contributed by atoms with E-state index in [4.69, 9.17) is 0 Å². The van der Waals surface area contributed by atoms with Crippen LogP contribution in [0, 0.1) is 12.7 Å². The van der Waals surface area contributed by atoms with Crippen LogP contribution < -0.4 is 0 Å². The molecule has 1 unspecified atom stereocenters. The van der Waals surface area contributed by atoms with Crippen molar-refractivity contribution in [3.8, 4) is 0 Å². The van der Waals surface area contributed by atoms with E-state index in [1.54, 1.807) is 6.20 Å². The van der Waals surface area contributed by atoms with Gasteiger partial charge in [-0.2, -0.15) is 0 Å². The van der Waals surface area contributed by atoms with Crippen LogP contribution in [0.4, 0.5) is 4.39 Å². The Balaban J connectivity index is 2.55. The fraction of sp³-hybridized carbons (Fsp3) is 0.308. The van der Waals surface area contributed by atoms with Crippen LogP contribution >= 0.6 is 0 Å². The van der Waals surface area contributed by atoms with Crippen LogP contribution in [0.1, 0.15) is 30.4 Å². The number of benzene rings is 1. The molecule has 84 valence electrons. The lowest BCUT2D eigenvalue weighted by molar-refractivity contribution is -0.108. The Morgan fingerprint density at radius 1 is 1.50 bits per heavy atom. The average molecular weight is 219 g/mol. The molecule has 1 atom stereocenters. The molecule has 0 aliphatic carbocycles. The van der Waals surface area contributed by atoms with Gasteiger partial charge < -0.3 is 9.78 Å². The number of fused-ring (bicyclic) bond motifs is 1. The van der Waals surface area contributed by atoms with Gasteiger partial charge in [0, 0.05) is 18.0 Å². The second kappa shape index (κ2) is 4.08. The van der Waals surface area contributed by atoms with Crippen LogP contribution in [-0.2, 0) is 4.79 Å². The maximum atomic E-state index is 13.7. The van der Waals surface area contributed by atoms with Crippen molar-refractivity contribution in [1.29, 1.82) is 0 Å². The predicted molar refractivity (Wildman–Crippen MR) is 62.1 cm³/mol. The zero-order valence-corrected chi connectivity index (χ0v) is 9.38. The van der Waals surface area contributed by atoms with Crippen LogP contribution in [-0.4, -0.2) is 11.3 Å². The molecule has 3 heteroatoms. The second-order valence-electron chi connectivity index (χ2n) is 4.20. The molecule has 1 aromatic carbocycles. The summed E-state index contributed by atoms with van der Waals surface area (Å²) >= 11 is 0. The van der Waals surface area contributed by atoms with Crippen molar-refractivity contribution in [3.63, 3.8) is 0 Å². The molecule has 0 bridgehead atoms. The van der Waals surface area contributed by atoms with E-state index in [1.807, 2.05) is 19.9 Å². The largest absolute Gasteiger partial charge is 0.359 e. The number of carbonyl (C=O) groups excluding carboxylic acids is 1. The zero-order valence-electron chi connectivity index (χ0n) is 9.38. The van der Waals surface area contributed by atoms with Crippen LogP contribution in [0.5, 0.6) is 0 Å². The fourth-order valence-electron chi connectivity index (χ4n) is 1.91. The number of halogens is 1. The number of aromatic amines is 1. The molecule has 16 heavy (non-hydrogen) atoms. The van der Waals surface area contributed by atoms with Crippen molar-refractivity contribution in [3.05, 3.63) is 35.3 Å². The van der Waals surface area contributed by atoms with Crippen molar-refractivity contribution < 1.29 is 9.18 Å². The Morgan fingerprint density at radius 3 is 2.94 bits per heavy atom. The lowest BCUT2D eigenvalue weighted by atomic mass is 9.96. The predicted octanol–water partition coefficient (Wildman–Crippen LogP) is 3.31. The first-order chi connectivity index (χ1) is 7.63. The summed E-state index contributed by atoms with van der Waals surface area (Å²) in [5.74, 6) is -0.191. The van der Waals surface area contributed by atoms with E-state index < -0.39 is 0 Å². The molecule has 0 radical (unpaired) electrons. The Kier molecular flexibility index (Phi) is 2.77. The summed E-state index contributed by atoms with van der Waals surface area (Å²) in [5, 5.41) is 0.896. The molecule has 2 aromatic rings. The molecule has 1 N–H and O–H groups in total. The zero-order chi connectivity index (χ0) is 11.7. The lowest BCUT2D eigenvalue weighted by Crippen LogP contribution is -1.95. The van der Waals surface area contributed by atoms with Gasteiger partial charge >= 0.3 is 0 Å². The Labute approximate surface area is 93.5 Å². The minimum Gasteiger partial charge on any atom is -0.359 e. The van der Waals surface area contributed by atoms with Gasteiger partial charge in [0.15, 0.2) is 0 Å². The topological polar surface area (TPSA) is 32.9 Å². The third kappa shape index (κ3) is 1.73. The monoisotopic (exact) mass is 219 g/mol. The van der Waals surface area contributed by atoms with Crippen molar-refractivity contribution in [2.24, 2.45) is 0 Å². The summed E-state index contributed by atoms with van der Waals surface area (Å²) in [5.41, 5.74) is 2.44. The van der Waals surface area contributed by atoms with Gasteiger partial charge in [-0.3, -0.25) is 0 Å². The number of aldehydes is 1. The summed E-state index contributed by atoms with van der Waals surface area (Å²) in [7, 11) is 0. The van der Waals surface area contributed by atoms with E-state index in [0.29, 0.717) is 11.9 Å². The summed E-state index contributed by atoms with van der Waals surface area (Å²) in [6.45, 7) is 3.86. The van der Waals surface area contributed by atoms with E-state index in [0.717, 1.165) is 22.8 Å². The molecular weight excluding hydrogens is 205 g/mol. The highest BCUT2D eigenvalue weighted by atomic mass is 19.1. The Morgan fingerprint density at radius 2 is 2.25 bits per heavy atom. The maximum absolute atomic E-state index is 13.7. The van der Waals surface area contributed by atoms with Crippen LogP contribution in [0.25, 0.3) is 10.9 Å². The second-order valence-corrected chi connectivity index (χ2v) is 4.20. The standard InChI is InChI=1S/C13H14FNO/c1-8(3-4-16)10-5-11-9(2)7-15-13(11)12(14)6-10/h4-8,15H,3H2,1-2H3. The van der Waals surface area contributed by atoms with E-state index in [1.165, 1.54) is 6.07 Å². The maximum Gasteiger partial charge on any atom is 0.147 e. The number of hydrogen-bond donors (Lipinski definition) is 1. The minimum atomic E-state index is -0.252. The molecule has 1 aromatic heterocycles. The lowest BCUT2D eigenvalue weighted by Gasteiger charge is -2.09. The van der Waals surface area contributed by atoms with Crippen LogP contribution in [0.2, 0.25) is 0 Å². The van der Waals surface area contributed by atoms with E-state index in [2.05, 4.69) is 4.98 Å². The van der Waals surface area contributed by atoms with Crippen molar-refractivity contribution in [1.82, 2.24) is 4.98 Å². The minimum absolute atomic E-state index is 0.0608. The number of aromatic nitrogens is 1. The van der Waals surface area contributed by atoms with Crippen molar-refractivity contribution >= 4 is 17.2 Å². The molecular formula is C13H14FNO. The number of H-pyrrole nitrogens is 1. The number of nitrogens with one attached hydrogen (secondary N) is 1. The smallest absolute Gasteiger partial charge is 0.147 e. The normalized spacial score (nSPS) is 12.9. The van der Waals surface area contributed by atoms with Crippen molar-refractivity contribution in [2.75, 3.05) is 0 Å². The highest BCUT2D eigenvalue weighted by molar-refractivity contribution is 5.84. The third-order valence-electron chi connectivity index (χ3n) is 2.99. The molecule has 0 spiro atoms. The van der Waals surface area contributed by atoms with E-state index >= 15 is 0 Å². The number of rotatable bonds is 3. The van der Waals surface area contributed by atoms with E-state index in [9.17, 15) is 9.18 Å².